The molecule has 0 amide bonds. The van der Waals surface area contributed by atoms with Crippen LogP contribution in [0.5, 0.6) is 0 Å². The average molecular weight is 234 g/mol. The van der Waals surface area contributed by atoms with Crippen LogP contribution in [0.1, 0.15) is 31.9 Å². The fourth-order valence-electron chi connectivity index (χ4n) is 1.95. The van der Waals surface area contributed by atoms with Crippen LogP contribution in [0.15, 0.2) is 27.4 Å². The summed E-state index contributed by atoms with van der Waals surface area (Å²) in [5.41, 5.74) is 2.67. The van der Waals surface area contributed by atoms with Gasteiger partial charge in [0.1, 0.15) is 0 Å². The van der Waals surface area contributed by atoms with Crippen molar-refractivity contribution in [1.82, 2.24) is 9.88 Å². The first kappa shape index (κ1) is 11.9. The third-order valence-electron chi connectivity index (χ3n) is 3.07. The number of aromatic nitrogens is 1. The Bertz CT molecular complexity index is 568. The van der Waals surface area contributed by atoms with Crippen LogP contribution in [0.4, 0.5) is 0 Å². The topological polar surface area (TPSA) is 47.2 Å². The third kappa shape index (κ3) is 2.13. The molecule has 0 saturated carbocycles. The monoisotopic (exact) mass is 234 g/mol. The van der Waals surface area contributed by atoms with E-state index in [2.05, 4.69) is 12.2 Å². The molecule has 4 heteroatoms. The molecule has 4 nitrogen and oxygen atoms in total. The standard InChI is InChI=1S/C13H18N2O2/c1-4-7-15-11-6-5-10(9(2)14-3)8-12(11)17-13(15)16/h5-6,8-9,14H,4,7H2,1-3H3. The molecule has 2 aromatic rings. The van der Waals surface area contributed by atoms with Crippen molar-refractivity contribution in [2.45, 2.75) is 32.9 Å². The highest BCUT2D eigenvalue weighted by Gasteiger charge is 2.10. The first-order valence-corrected chi connectivity index (χ1v) is 5.98. The summed E-state index contributed by atoms with van der Waals surface area (Å²) in [6, 6.07) is 6.17. The van der Waals surface area contributed by atoms with Crippen molar-refractivity contribution < 1.29 is 4.42 Å². The second-order valence-electron chi connectivity index (χ2n) is 4.26. The van der Waals surface area contributed by atoms with E-state index in [1.807, 2.05) is 32.2 Å². The SMILES string of the molecule is CCCn1c(=O)oc2cc(C(C)NC)ccc21. The van der Waals surface area contributed by atoms with Crippen molar-refractivity contribution >= 4 is 11.1 Å². The summed E-state index contributed by atoms with van der Waals surface area (Å²) in [6.07, 6.45) is 0.920. The number of oxazole rings is 1. The zero-order valence-electron chi connectivity index (χ0n) is 10.5. The van der Waals surface area contributed by atoms with Crippen molar-refractivity contribution in [2.24, 2.45) is 0 Å². The Morgan fingerprint density at radius 3 is 2.88 bits per heavy atom. The molecule has 0 aliphatic rings. The van der Waals surface area contributed by atoms with Gasteiger partial charge in [-0.05, 0) is 38.1 Å². The van der Waals surface area contributed by atoms with E-state index in [1.54, 1.807) is 4.57 Å². The van der Waals surface area contributed by atoms with Crippen LogP contribution in [0.25, 0.3) is 11.1 Å². The van der Waals surface area contributed by atoms with E-state index < -0.39 is 0 Å². The van der Waals surface area contributed by atoms with E-state index in [9.17, 15) is 4.79 Å². The molecule has 1 heterocycles. The highest BCUT2D eigenvalue weighted by atomic mass is 16.4. The minimum absolute atomic E-state index is 0.249. The first-order chi connectivity index (χ1) is 8.17. The third-order valence-corrected chi connectivity index (χ3v) is 3.07. The van der Waals surface area contributed by atoms with Gasteiger partial charge >= 0.3 is 5.76 Å². The molecule has 1 unspecified atom stereocenters. The lowest BCUT2D eigenvalue weighted by Gasteiger charge is -2.09. The molecule has 1 N–H and O–H groups in total. The van der Waals surface area contributed by atoms with Gasteiger partial charge in [-0.1, -0.05) is 13.0 Å². The van der Waals surface area contributed by atoms with Gasteiger partial charge in [-0.2, -0.15) is 0 Å². The maximum atomic E-state index is 11.7. The normalized spacial score (nSPS) is 13.1. The van der Waals surface area contributed by atoms with Gasteiger partial charge in [0, 0.05) is 12.6 Å². The molecule has 0 saturated heterocycles. The fourth-order valence-corrected chi connectivity index (χ4v) is 1.95. The fraction of sp³-hybridized carbons (Fsp3) is 0.462. The summed E-state index contributed by atoms with van der Waals surface area (Å²) in [4.78, 5) is 11.7. The number of hydrogen-bond acceptors (Lipinski definition) is 3. The van der Waals surface area contributed by atoms with Gasteiger partial charge in [-0.15, -0.1) is 0 Å². The molecule has 1 atom stereocenters. The Balaban J connectivity index is 2.53. The van der Waals surface area contributed by atoms with Crippen LogP contribution >= 0.6 is 0 Å². The maximum Gasteiger partial charge on any atom is 0.419 e. The van der Waals surface area contributed by atoms with Crippen LogP contribution in [0.2, 0.25) is 0 Å². The van der Waals surface area contributed by atoms with Crippen LogP contribution in [0, 0.1) is 0 Å². The van der Waals surface area contributed by atoms with Crippen molar-refractivity contribution in [1.29, 1.82) is 0 Å². The van der Waals surface area contributed by atoms with Crippen LogP contribution in [-0.2, 0) is 6.54 Å². The van der Waals surface area contributed by atoms with E-state index in [4.69, 9.17) is 4.42 Å². The number of aryl methyl sites for hydroxylation is 1. The van der Waals surface area contributed by atoms with E-state index in [1.165, 1.54) is 0 Å². The second kappa shape index (κ2) is 4.75. The first-order valence-electron chi connectivity index (χ1n) is 5.98. The van der Waals surface area contributed by atoms with Crippen molar-refractivity contribution in [3.8, 4) is 0 Å². The summed E-state index contributed by atoms with van der Waals surface area (Å²) in [5, 5.41) is 3.17. The number of hydrogen-bond donors (Lipinski definition) is 1. The molecule has 0 bridgehead atoms. The van der Waals surface area contributed by atoms with Gasteiger partial charge in [0.25, 0.3) is 0 Å². The van der Waals surface area contributed by atoms with Gasteiger partial charge in [0.2, 0.25) is 0 Å². The zero-order chi connectivity index (χ0) is 12.4. The van der Waals surface area contributed by atoms with Crippen molar-refractivity contribution in [3.63, 3.8) is 0 Å². The molecule has 92 valence electrons. The average Bonchev–Trinajstić information content (AvgIpc) is 2.64. The quantitative estimate of drug-likeness (QED) is 0.882. The molecule has 1 aromatic heterocycles. The van der Waals surface area contributed by atoms with Gasteiger partial charge in [0.15, 0.2) is 5.58 Å². The van der Waals surface area contributed by atoms with E-state index in [-0.39, 0.29) is 11.8 Å². The molecule has 17 heavy (non-hydrogen) atoms. The minimum atomic E-state index is -0.267. The highest BCUT2D eigenvalue weighted by molar-refractivity contribution is 5.73. The number of rotatable bonds is 4. The predicted molar refractivity (Wildman–Crippen MR) is 68.2 cm³/mol. The molecule has 0 radical (unpaired) electrons. The van der Waals surface area contributed by atoms with Crippen LogP contribution in [0.3, 0.4) is 0 Å². The summed E-state index contributed by atoms with van der Waals surface area (Å²) < 4.78 is 6.95. The molecule has 0 aliphatic heterocycles. The molecule has 0 fully saturated rings. The molecule has 2 rings (SSSR count). The van der Waals surface area contributed by atoms with Crippen LogP contribution < -0.4 is 11.1 Å². The molecular weight excluding hydrogens is 216 g/mol. The number of fused-ring (bicyclic) bond motifs is 1. The Morgan fingerprint density at radius 1 is 1.47 bits per heavy atom. The molecular formula is C13H18N2O2. The highest BCUT2D eigenvalue weighted by Crippen LogP contribution is 2.19. The Labute approximate surface area is 100 Å². The number of nitrogens with one attached hydrogen (secondary N) is 1. The summed E-state index contributed by atoms with van der Waals surface area (Å²) in [7, 11) is 1.91. The van der Waals surface area contributed by atoms with E-state index in [0.29, 0.717) is 12.1 Å². The number of benzene rings is 1. The zero-order valence-corrected chi connectivity index (χ0v) is 10.5. The molecule has 0 spiro atoms. The largest absolute Gasteiger partial charge is 0.419 e. The smallest absolute Gasteiger partial charge is 0.408 e. The maximum absolute atomic E-state index is 11.7. The molecule has 1 aromatic carbocycles. The van der Waals surface area contributed by atoms with Gasteiger partial charge in [-0.3, -0.25) is 4.57 Å². The number of nitrogens with zero attached hydrogens (tertiary/aromatic N) is 1. The van der Waals surface area contributed by atoms with E-state index >= 15 is 0 Å². The Kier molecular flexibility index (Phi) is 3.33. The van der Waals surface area contributed by atoms with Gasteiger partial charge in [0.05, 0.1) is 5.52 Å². The summed E-state index contributed by atoms with van der Waals surface area (Å²) in [6.45, 7) is 4.82. The molecule has 0 aliphatic carbocycles. The Morgan fingerprint density at radius 2 is 2.24 bits per heavy atom. The predicted octanol–water partition coefficient (Wildman–Crippen LogP) is 2.28. The van der Waals surface area contributed by atoms with Crippen molar-refractivity contribution in [2.75, 3.05) is 7.05 Å². The van der Waals surface area contributed by atoms with Gasteiger partial charge in [-0.25, -0.2) is 4.79 Å². The van der Waals surface area contributed by atoms with Crippen LogP contribution in [-0.4, -0.2) is 11.6 Å². The second-order valence-corrected chi connectivity index (χ2v) is 4.26. The summed E-state index contributed by atoms with van der Waals surface area (Å²) >= 11 is 0. The lowest BCUT2D eigenvalue weighted by atomic mass is 10.1. The lowest BCUT2D eigenvalue weighted by Crippen LogP contribution is -2.13. The lowest BCUT2D eigenvalue weighted by molar-refractivity contribution is 0.502. The minimum Gasteiger partial charge on any atom is -0.408 e. The van der Waals surface area contributed by atoms with Gasteiger partial charge < -0.3 is 9.73 Å². The summed E-state index contributed by atoms with van der Waals surface area (Å²) in [5.74, 6) is -0.267. The van der Waals surface area contributed by atoms with E-state index in [0.717, 1.165) is 17.5 Å². The van der Waals surface area contributed by atoms with Crippen molar-refractivity contribution in [3.05, 3.63) is 34.3 Å². The Hall–Kier alpha value is -1.55.